The summed E-state index contributed by atoms with van der Waals surface area (Å²) in [5, 5.41) is 16.0. The molecule has 8 heteroatoms. The van der Waals surface area contributed by atoms with Crippen LogP contribution in [0.2, 0.25) is 0 Å². The van der Waals surface area contributed by atoms with Gasteiger partial charge in [0.15, 0.2) is 0 Å². The Labute approximate surface area is 162 Å². The second-order valence-electron chi connectivity index (χ2n) is 7.30. The number of pyridine rings is 1. The van der Waals surface area contributed by atoms with Gasteiger partial charge in [0, 0.05) is 24.2 Å². The summed E-state index contributed by atoms with van der Waals surface area (Å²) >= 11 is 0. The zero-order valence-corrected chi connectivity index (χ0v) is 15.9. The molecular formula is C20H22N6O2. The zero-order chi connectivity index (χ0) is 19.7. The van der Waals surface area contributed by atoms with Gasteiger partial charge in [-0.2, -0.15) is 0 Å². The van der Waals surface area contributed by atoms with Gasteiger partial charge in [0.2, 0.25) is 11.6 Å². The second-order valence-corrected chi connectivity index (χ2v) is 7.30. The van der Waals surface area contributed by atoms with Gasteiger partial charge in [-0.3, -0.25) is 15.1 Å². The van der Waals surface area contributed by atoms with Crippen molar-refractivity contribution < 1.29 is 4.92 Å². The van der Waals surface area contributed by atoms with Crippen molar-refractivity contribution in [1.82, 2.24) is 15.0 Å². The number of rotatable bonds is 4. The van der Waals surface area contributed by atoms with E-state index in [-0.39, 0.29) is 11.5 Å². The Kier molecular flexibility index (Phi) is 4.77. The average molecular weight is 378 g/mol. The first-order chi connectivity index (χ1) is 13.5. The van der Waals surface area contributed by atoms with Crippen molar-refractivity contribution in [2.45, 2.75) is 26.7 Å². The van der Waals surface area contributed by atoms with Crippen molar-refractivity contribution in [3.8, 4) is 0 Å². The number of nitrogens with zero attached hydrogens (tertiary/aromatic N) is 5. The molecule has 0 amide bonds. The normalized spacial score (nSPS) is 16.9. The largest absolute Gasteiger partial charge is 0.353 e. The van der Waals surface area contributed by atoms with Gasteiger partial charge in [0.1, 0.15) is 6.33 Å². The fourth-order valence-corrected chi connectivity index (χ4v) is 3.72. The fraction of sp³-hybridized carbons (Fsp3) is 0.350. The minimum Gasteiger partial charge on any atom is -0.350 e. The summed E-state index contributed by atoms with van der Waals surface area (Å²) in [7, 11) is 0. The molecule has 1 saturated heterocycles. The van der Waals surface area contributed by atoms with E-state index >= 15 is 0 Å². The Bertz CT molecular complexity index is 1040. The van der Waals surface area contributed by atoms with E-state index in [1.54, 1.807) is 0 Å². The van der Waals surface area contributed by atoms with Crippen LogP contribution in [0.4, 0.5) is 23.0 Å². The van der Waals surface area contributed by atoms with E-state index in [0.717, 1.165) is 42.5 Å². The molecule has 1 fully saturated rings. The Hall–Kier alpha value is -3.29. The molecule has 3 heterocycles. The van der Waals surface area contributed by atoms with E-state index in [9.17, 15) is 10.1 Å². The summed E-state index contributed by atoms with van der Waals surface area (Å²) in [5.41, 5.74) is 2.22. The van der Waals surface area contributed by atoms with Gasteiger partial charge in [-0.1, -0.05) is 25.1 Å². The minimum absolute atomic E-state index is 0.0961. The predicted octanol–water partition coefficient (Wildman–Crippen LogP) is 4.22. The molecule has 0 aliphatic carbocycles. The highest BCUT2D eigenvalue weighted by molar-refractivity contribution is 5.93. The number of benzene rings is 1. The molecule has 1 aromatic carbocycles. The molecule has 1 unspecified atom stereocenters. The van der Waals surface area contributed by atoms with Crippen LogP contribution < -0.4 is 10.2 Å². The monoisotopic (exact) mass is 378 g/mol. The highest BCUT2D eigenvalue weighted by Crippen LogP contribution is 2.36. The van der Waals surface area contributed by atoms with Crippen LogP contribution in [0.25, 0.3) is 10.9 Å². The lowest BCUT2D eigenvalue weighted by Gasteiger charge is -2.31. The van der Waals surface area contributed by atoms with E-state index in [1.807, 2.05) is 42.2 Å². The number of para-hydroxylation sites is 1. The summed E-state index contributed by atoms with van der Waals surface area (Å²) < 4.78 is 0. The molecule has 1 atom stereocenters. The third-order valence-corrected chi connectivity index (χ3v) is 5.05. The quantitative estimate of drug-likeness (QED) is 0.536. The maximum absolute atomic E-state index is 11.9. The van der Waals surface area contributed by atoms with Crippen molar-refractivity contribution in [1.29, 1.82) is 0 Å². The highest BCUT2D eigenvalue weighted by Gasteiger charge is 2.29. The van der Waals surface area contributed by atoms with Crippen molar-refractivity contribution in [3.05, 3.63) is 52.5 Å². The second kappa shape index (κ2) is 7.38. The first-order valence-corrected chi connectivity index (χ1v) is 9.40. The van der Waals surface area contributed by atoms with Crippen LogP contribution in [0.5, 0.6) is 0 Å². The number of hydrogen-bond donors (Lipinski definition) is 1. The highest BCUT2D eigenvalue weighted by atomic mass is 16.6. The smallest absolute Gasteiger partial charge is 0.350 e. The lowest BCUT2D eigenvalue weighted by atomic mass is 10.0. The number of piperidine rings is 1. The summed E-state index contributed by atoms with van der Waals surface area (Å²) in [5.74, 6) is 1.03. The summed E-state index contributed by atoms with van der Waals surface area (Å²) in [4.78, 5) is 26.5. The minimum atomic E-state index is -0.402. The maximum atomic E-state index is 11.9. The van der Waals surface area contributed by atoms with Gasteiger partial charge in [-0.15, -0.1) is 0 Å². The lowest BCUT2D eigenvalue weighted by molar-refractivity contribution is -0.383. The molecule has 0 saturated carbocycles. The summed E-state index contributed by atoms with van der Waals surface area (Å²) in [6.07, 6.45) is 3.51. The van der Waals surface area contributed by atoms with Gasteiger partial charge >= 0.3 is 5.69 Å². The van der Waals surface area contributed by atoms with E-state index in [0.29, 0.717) is 17.4 Å². The molecule has 0 radical (unpaired) electrons. The fourth-order valence-electron chi connectivity index (χ4n) is 3.72. The summed E-state index contributed by atoms with van der Waals surface area (Å²) in [6, 6.07) is 9.62. The van der Waals surface area contributed by atoms with Crippen LogP contribution in [0.3, 0.4) is 0 Å². The molecule has 1 N–H and O–H groups in total. The molecule has 4 rings (SSSR count). The lowest BCUT2D eigenvalue weighted by Crippen LogP contribution is -2.35. The van der Waals surface area contributed by atoms with E-state index in [1.165, 1.54) is 6.33 Å². The molecule has 1 aliphatic heterocycles. The van der Waals surface area contributed by atoms with E-state index in [2.05, 4.69) is 27.2 Å². The molecule has 144 valence electrons. The van der Waals surface area contributed by atoms with Crippen LogP contribution >= 0.6 is 0 Å². The van der Waals surface area contributed by atoms with E-state index in [4.69, 9.17) is 0 Å². The van der Waals surface area contributed by atoms with Gasteiger partial charge in [-0.05, 0) is 37.8 Å². The van der Waals surface area contributed by atoms with Gasteiger partial charge in [0.05, 0.1) is 16.1 Å². The van der Waals surface area contributed by atoms with Crippen LogP contribution in [0.15, 0.2) is 36.7 Å². The van der Waals surface area contributed by atoms with Crippen LogP contribution in [-0.4, -0.2) is 33.0 Å². The Morgan fingerprint density at radius 3 is 2.89 bits per heavy atom. The SMILES string of the molecule is Cc1ccc2cccc(Nc3ncnc(N4CCCC(C)C4)c3[N+](=O)[O-])c2n1. The third kappa shape index (κ3) is 3.45. The first-order valence-electron chi connectivity index (χ1n) is 9.40. The topological polar surface area (TPSA) is 97.1 Å². The van der Waals surface area contributed by atoms with Crippen molar-refractivity contribution in [2.75, 3.05) is 23.3 Å². The number of nitro groups is 1. The maximum Gasteiger partial charge on any atom is 0.353 e. The standard InChI is InChI=1S/C20H22N6O2/c1-13-5-4-10-25(11-13)20-18(26(27)28)19(21-12-22-20)24-16-7-3-6-15-9-8-14(2)23-17(15)16/h3,6-9,12-13H,4-5,10-11H2,1-2H3,(H,21,22,24). The number of aromatic nitrogens is 3. The third-order valence-electron chi connectivity index (χ3n) is 5.05. The average Bonchev–Trinajstić information content (AvgIpc) is 2.68. The van der Waals surface area contributed by atoms with Crippen molar-refractivity contribution >= 4 is 33.9 Å². The van der Waals surface area contributed by atoms with Crippen LogP contribution in [0.1, 0.15) is 25.5 Å². The number of nitrogens with one attached hydrogen (secondary N) is 1. The molecule has 1 aliphatic rings. The first kappa shape index (κ1) is 18.1. The zero-order valence-electron chi connectivity index (χ0n) is 15.9. The van der Waals surface area contributed by atoms with Crippen LogP contribution in [-0.2, 0) is 0 Å². The van der Waals surface area contributed by atoms with Crippen LogP contribution in [0, 0.1) is 23.0 Å². The number of aryl methyl sites for hydroxylation is 1. The molecule has 2 aromatic heterocycles. The van der Waals surface area contributed by atoms with Gasteiger partial charge in [-0.25, -0.2) is 9.97 Å². The molecule has 8 nitrogen and oxygen atoms in total. The van der Waals surface area contributed by atoms with Crippen molar-refractivity contribution in [3.63, 3.8) is 0 Å². The molecule has 3 aromatic rings. The number of hydrogen-bond acceptors (Lipinski definition) is 7. The van der Waals surface area contributed by atoms with E-state index < -0.39 is 4.92 Å². The number of fused-ring (bicyclic) bond motifs is 1. The Balaban J connectivity index is 1.77. The molecular weight excluding hydrogens is 356 g/mol. The van der Waals surface area contributed by atoms with Crippen molar-refractivity contribution in [2.24, 2.45) is 5.92 Å². The predicted molar refractivity (Wildman–Crippen MR) is 109 cm³/mol. The van der Waals surface area contributed by atoms with Gasteiger partial charge < -0.3 is 10.2 Å². The Morgan fingerprint density at radius 1 is 1.25 bits per heavy atom. The number of anilines is 3. The summed E-state index contributed by atoms with van der Waals surface area (Å²) in [6.45, 7) is 5.59. The molecule has 28 heavy (non-hydrogen) atoms. The molecule has 0 bridgehead atoms. The molecule has 0 spiro atoms. The van der Waals surface area contributed by atoms with Gasteiger partial charge in [0.25, 0.3) is 0 Å². The Morgan fingerprint density at radius 2 is 2.11 bits per heavy atom.